The minimum atomic E-state index is -0.988. The highest BCUT2D eigenvalue weighted by Crippen LogP contribution is 2.70. The summed E-state index contributed by atoms with van der Waals surface area (Å²) in [4.78, 5) is 26.4. The molecule has 65 heavy (non-hydrogen) atoms. The third-order valence-corrected chi connectivity index (χ3v) is 20.8. The van der Waals surface area contributed by atoms with Gasteiger partial charge in [-0.3, -0.25) is 9.59 Å². The number of carbonyl (C=O) groups is 2. The maximum Gasteiger partial charge on any atom is 0.303 e. The molecule has 0 aromatic heterocycles. The van der Waals surface area contributed by atoms with E-state index in [4.69, 9.17) is 21.1 Å². The second-order valence-corrected chi connectivity index (χ2v) is 23.8. The number of ether oxygens (including phenoxy) is 2. The van der Waals surface area contributed by atoms with E-state index in [2.05, 4.69) is 82.7 Å². The number of rotatable bonds is 12. The lowest BCUT2D eigenvalue weighted by atomic mass is 9.42. The number of carboxylic acids is 1. The summed E-state index contributed by atoms with van der Waals surface area (Å²) in [6, 6.07) is 9.31. The third-order valence-electron chi connectivity index (χ3n) is 20.7. The van der Waals surface area contributed by atoms with Gasteiger partial charge in [0.25, 0.3) is 0 Å². The van der Waals surface area contributed by atoms with Gasteiger partial charge in [-0.2, -0.15) is 0 Å². The number of carbonyl (C=O) groups excluding carboxylic acids is 1. The van der Waals surface area contributed by atoms with Gasteiger partial charge in [-0.25, -0.2) is 0 Å². The van der Waals surface area contributed by atoms with Crippen molar-refractivity contribution in [2.75, 3.05) is 31.2 Å². The number of alkyl halides is 1. The number of likely N-dealkylation sites (N-methyl/N-ethyl adjacent to an activating group) is 1. The lowest BCUT2D eigenvalue weighted by molar-refractivity contribution is -0.224. The van der Waals surface area contributed by atoms with Crippen molar-refractivity contribution in [2.24, 2.45) is 63.6 Å². The highest BCUT2D eigenvalue weighted by Gasteiger charge is 2.67. The number of aliphatic carboxylic acids is 1. The normalized spacial score (nSPS) is 43.4. The second-order valence-electron chi connectivity index (χ2n) is 23.5. The molecule has 356 valence electrons. The fraction of sp³-hybridized carbons (Fsp3) is 0.750. The Hall–Kier alpha value is -2.67. The summed E-state index contributed by atoms with van der Waals surface area (Å²) in [6.07, 6.45) is 15.2. The molecule has 6 fully saturated rings. The Balaban J connectivity index is 0.871. The fourth-order valence-electron chi connectivity index (χ4n) is 17.1. The molecular formula is C56H78ClNO7. The highest BCUT2D eigenvalue weighted by molar-refractivity contribution is 6.17. The topological polar surface area (TPSA) is 117 Å². The van der Waals surface area contributed by atoms with Gasteiger partial charge in [-0.15, -0.1) is 5.92 Å². The van der Waals surface area contributed by atoms with Crippen molar-refractivity contribution in [3.63, 3.8) is 0 Å². The molecule has 0 spiro atoms. The molecule has 8 aliphatic rings. The van der Waals surface area contributed by atoms with Crippen molar-refractivity contribution in [3.8, 4) is 11.8 Å². The van der Waals surface area contributed by atoms with Gasteiger partial charge < -0.3 is 29.7 Å². The molecule has 9 rings (SSSR count). The molecule has 0 aliphatic heterocycles. The highest BCUT2D eigenvalue weighted by atomic mass is 35.5. The standard InChI is InChI=1S/C56H78ClNO7/c1-8-22-56(63)23-21-44-41-16-12-36-28-39(59)15-17-40(36)50(41)42(32-54(44,56)5)35-10-13-38(14-11-35)58(7)26-27-65-52(3)24-25-53(4)37(31-52)29-47(64-33-57)51-45-19-18-43(34(2)9-20-49(61)62)55(45,6)48(60)30-46(51)53/h10-11,13-14,28,34,37,41-48,51,60,63H,9,12,15-21,23-27,29-33H2,1-7H3,(H,61,62)/t34-,37-,41?,42+,43-,44?,45+,46+,47-,48+,51+,52+,53+,54+,55-,56-/m1/s1. The van der Waals surface area contributed by atoms with Gasteiger partial charge in [0.15, 0.2) is 5.78 Å². The summed E-state index contributed by atoms with van der Waals surface area (Å²) in [5.41, 5.74) is 4.94. The smallest absolute Gasteiger partial charge is 0.303 e. The van der Waals surface area contributed by atoms with Crippen LogP contribution in [0.2, 0.25) is 0 Å². The molecule has 0 heterocycles. The minimum Gasteiger partial charge on any atom is -0.481 e. The number of allylic oxidation sites excluding steroid dienone is 4. The van der Waals surface area contributed by atoms with Crippen LogP contribution in [-0.4, -0.2) is 76.7 Å². The van der Waals surface area contributed by atoms with E-state index in [0.717, 1.165) is 95.7 Å². The van der Waals surface area contributed by atoms with Crippen LogP contribution in [-0.2, 0) is 19.1 Å². The van der Waals surface area contributed by atoms with E-state index in [0.29, 0.717) is 60.9 Å². The van der Waals surface area contributed by atoms with E-state index >= 15 is 0 Å². The molecule has 0 saturated heterocycles. The van der Waals surface area contributed by atoms with E-state index in [1.165, 1.54) is 22.3 Å². The zero-order chi connectivity index (χ0) is 46.3. The number of anilines is 1. The molecule has 1 aromatic rings. The van der Waals surface area contributed by atoms with Crippen molar-refractivity contribution in [2.45, 2.75) is 174 Å². The lowest BCUT2D eigenvalue weighted by Gasteiger charge is -2.65. The molecule has 16 atom stereocenters. The third kappa shape index (κ3) is 7.90. The maximum atomic E-state index is 12.6. The number of aliphatic hydroxyl groups is 2. The van der Waals surface area contributed by atoms with Crippen LogP contribution >= 0.6 is 11.6 Å². The van der Waals surface area contributed by atoms with Crippen LogP contribution in [0, 0.1) is 75.4 Å². The molecule has 0 radical (unpaired) electrons. The predicted octanol–water partition coefficient (Wildman–Crippen LogP) is 10.9. The summed E-state index contributed by atoms with van der Waals surface area (Å²) in [7, 11) is 2.16. The molecule has 6 saturated carbocycles. The first kappa shape index (κ1) is 47.4. The number of halogens is 1. The van der Waals surface area contributed by atoms with E-state index < -0.39 is 17.7 Å². The van der Waals surface area contributed by atoms with Crippen LogP contribution in [0.3, 0.4) is 0 Å². The van der Waals surface area contributed by atoms with Crippen LogP contribution in [0.5, 0.6) is 0 Å². The number of nitrogens with zero attached hydrogens (tertiary/aromatic N) is 1. The second kappa shape index (κ2) is 17.7. The molecule has 8 aliphatic carbocycles. The first-order valence-electron chi connectivity index (χ1n) is 25.5. The Morgan fingerprint density at radius 1 is 0.969 bits per heavy atom. The van der Waals surface area contributed by atoms with Crippen LogP contribution < -0.4 is 4.90 Å². The average Bonchev–Trinajstić information content (AvgIpc) is 3.76. The van der Waals surface area contributed by atoms with Gasteiger partial charge in [-0.05, 0) is 197 Å². The van der Waals surface area contributed by atoms with Crippen molar-refractivity contribution >= 4 is 29.0 Å². The van der Waals surface area contributed by atoms with Gasteiger partial charge in [0.2, 0.25) is 0 Å². The summed E-state index contributed by atoms with van der Waals surface area (Å²) < 4.78 is 13.4. The molecule has 8 nitrogen and oxygen atoms in total. The number of hydrogen-bond acceptors (Lipinski definition) is 7. The Labute approximate surface area is 394 Å². The summed E-state index contributed by atoms with van der Waals surface area (Å²) in [6.45, 7) is 14.9. The van der Waals surface area contributed by atoms with Crippen molar-refractivity contribution in [1.82, 2.24) is 0 Å². The van der Waals surface area contributed by atoms with Crippen LogP contribution in [0.15, 0.2) is 47.1 Å². The molecule has 0 bridgehead atoms. The Morgan fingerprint density at radius 3 is 2.46 bits per heavy atom. The monoisotopic (exact) mass is 912 g/mol. The molecule has 3 N–H and O–H groups in total. The van der Waals surface area contributed by atoms with Crippen molar-refractivity contribution in [1.29, 1.82) is 0 Å². The zero-order valence-corrected chi connectivity index (χ0v) is 41.2. The summed E-state index contributed by atoms with van der Waals surface area (Å²) in [5.74, 6) is 8.80. The van der Waals surface area contributed by atoms with E-state index in [1.807, 2.05) is 13.0 Å². The Bertz CT molecular complexity index is 2120. The van der Waals surface area contributed by atoms with Gasteiger partial charge in [0.05, 0.1) is 24.4 Å². The minimum absolute atomic E-state index is 0.0376. The number of carboxylic acid groups (broad SMARTS) is 1. The number of aliphatic hydroxyl groups excluding tert-OH is 1. The molecule has 9 heteroatoms. The van der Waals surface area contributed by atoms with Crippen LogP contribution in [0.4, 0.5) is 5.69 Å². The largest absolute Gasteiger partial charge is 0.481 e. The van der Waals surface area contributed by atoms with Gasteiger partial charge >= 0.3 is 5.97 Å². The zero-order valence-electron chi connectivity index (χ0n) is 40.5. The maximum absolute atomic E-state index is 12.6. The number of ketones is 1. The summed E-state index contributed by atoms with van der Waals surface area (Å²) in [5, 5.41) is 33.7. The Morgan fingerprint density at radius 2 is 1.74 bits per heavy atom. The van der Waals surface area contributed by atoms with E-state index in [9.17, 15) is 24.9 Å². The molecule has 1 aromatic carbocycles. The van der Waals surface area contributed by atoms with Gasteiger partial charge in [0.1, 0.15) is 11.7 Å². The number of benzene rings is 1. The molecule has 0 amide bonds. The van der Waals surface area contributed by atoms with Crippen LogP contribution in [0.25, 0.3) is 0 Å². The number of hydrogen-bond donors (Lipinski definition) is 3. The van der Waals surface area contributed by atoms with Crippen molar-refractivity contribution < 1.29 is 34.4 Å². The quantitative estimate of drug-likeness (QED) is 0.140. The van der Waals surface area contributed by atoms with E-state index in [-0.39, 0.29) is 58.1 Å². The first-order valence-corrected chi connectivity index (χ1v) is 26.1. The molecule has 2 unspecified atom stereocenters. The lowest BCUT2D eigenvalue weighted by Crippen LogP contribution is -2.63. The average molecular weight is 913 g/mol. The van der Waals surface area contributed by atoms with Gasteiger partial charge in [0, 0.05) is 43.5 Å². The summed E-state index contributed by atoms with van der Waals surface area (Å²) >= 11 is 6.40. The SMILES string of the molecule is CC#C[C@@]1(O)CCC2C3CCC4=CC(=O)CCC4=C3[C@H](c3ccc(N(C)CCO[C@@]4(C)CC[C@@]5(C)[C@H](C[C@@H](OCCl)[C@@H]6[C@@H]5C[C@H](O)[C@]5(C)[C@@H]([C@H](C)CCC(=O)O)CC[C@@H]65)C4)cc3)C[C@@]21C. The first-order chi connectivity index (χ1) is 30.9. The van der Waals surface area contributed by atoms with Crippen LogP contribution in [0.1, 0.15) is 156 Å². The number of fused-ring (bicyclic) bond motifs is 9. The predicted molar refractivity (Wildman–Crippen MR) is 256 cm³/mol. The van der Waals surface area contributed by atoms with Gasteiger partial charge in [-0.1, -0.05) is 62.9 Å². The van der Waals surface area contributed by atoms with E-state index in [1.54, 1.807) is 0 Å². The fourth-order valence-corrected chi connectivity index (χ4v) is 17.3. The molecular weight excluding hydrogens is 834 g/mol. The Kier molecular flexibility index (Phi) is 12.9. The van der Waals surface area contributed by atoms with Crippen molar-refractivity contribution in [3.05, 3.63) is 52.6 Å².